The Morgan fingerprint density at radius 3 is 2.53 bits per heavy atom. The highest BCUT2D eigenvalue weighted by Gasteiger charge is 2.16. The molecule has 0 fully saturated rings. The summed E-state index contributed by atoms with van der Waals surface area (Å²) in [6.07, 6.45) is 2.00. The van der Waals surface area contributed by atoms with E-state index in [1.807, 2.05) is 24.5 Å². The first-order valence-electron chi connectivity index (χ1n) is 6.48. The van der Waals surface area contributed by atoms with Crippen LogP contribution in [-0.4, -0.2) is 37.8 Å². The smallest absolute Gasteiger partial charge is 0.102 e. The van der Waals surface area contributed by atoms with E-state index < -0.39 is 0 Å². The van der Waals surface area contributed by atoms with Gasteiger partial charge in [0, 0.05) is 17.5 Å². The standard InChI is InChI=1S/C15H23N3S/c1-11(2)14(10-18(3)4)17-13-7-6-8-15(19-5)12(13)9-16/h6-8,11,14,17H,10H2,1-5H3. The highest BCUT2D eigenvalue weighted by atomic mass is 32.2. The van der Waals surface area contributed by atoms with Gasteiger partial charge in [0.1, 0.15) is 6.07 Å². The molecule has 0 saturated carbocycles. The molecule has 1 unspecified atom stereocenters. The van der Waals surface area contributed by atoms with Gasteiger partial charge in [0.05, 0.1) is 11.3 Å². The molecule has 0 aliphatic rings. The minimum Gasteiger partial charge on any atom is -0.380 e. The minimum atomic E-state index is 0.333. The van der Waals surface area contributed by atoms with Crippen LogP contribution in [0.25, 0.3) is 0 Å². The van der Waals surface area contributed by atoms with E-state index in [0.29, 0.717) is 12.0 Å². The van der Waals surface area contributed by atoms with Crippen LogP contribution in [0.3, 0.4) is 0 Å². The number of nitrogens with one attached hydrogen (secondary N) is 1. The third kappa shape index (κ3) is 4.45. The molecule has 0 radical (unpaired) electrons. The first-order valence-corrected chi connectivity index (χ1v) is 7.70. The van der Waals surface area contributed by atoms with Gasteiger partial charge >= 0.3 is 0 Å². The highest BCUT2D eigenvalue weighted by molar-refractivity contribution is 7.98. The molecule has 1 aromatic rings. The van der Waals surface area contributed by atoms with Crippen LogP contribution in [0.2, 0.25) is 0 Å². The third-order valence-corrected chi connectivity index (χ3v) is 3.85. The fourth-order valence-electron chi connectivity index (χ4n) is 1.95. The summed E-state index contributed by atoms with van der Waals surface area (Å²) in [5.74, 6) is 0.506. The van der Waals surface area contributed by atoms with E-state index in [9.17, 15) is 5.26 Å². The van der Waals surface area contributed by atoms with E-state index in [4.69, 9.17) is 0 Å². The number of nitriles is 1. The van der Waals surface area contributed by atoms with E-state index in [1.54, 1.807) is 11.8 Å². The lowest BCUT2D eigenvalue weighted by Gasteiger charge is -2.27. The van der Waals surface area contributed by atoms with E-state index >= 15 is 0 Å². The minimum absolute atomic E-state index is 0.333. The number of rotatable bonds is 6. The maximum absolute atomic E-state index is 9.35. The summed E-state index contributed by atoms with van der Waals surface area (Å²) < 4.78 is 0. The largest absolute Gasteiger partial charge is 0.380 e. The molecule has 3 nitrogen and oxygen atoms in total. The Kier molecular flexibility index (Phi) is 6.20. The second kappa shape index (κ2) is 7.42. The van der Waals surface area contributed by atoms with Crippen molar-refractivity contribution in [2.45, 2.75) is 24.8 Å². The molecule has 0 spiro atoms. The van der Waals surface area contributed by atoms with Crippen LogP contribution in [0.4, 0.5) is 5.69 Å². The maximum Gasteiger partial charge on any atom is 0.102 e. The van der Waals surface area contributed by atoms with Gasteiger partial charge in [-0.05, 0) is 38.4 Å². The van der Waals surface area contributed by atoms with Crippen LogP contribution < -0.4 is 5.32 Å². The van der Waals surface area contributed by atoms with Gasteiger partial charge in [-0.25, -0.2) is 0 Å². The van der Waals surface area contributed by atoms with Crippen LogP contribution in [-0.2, 0) is 0 Å². The van der Waals surface area contributed by atoms with Gasteiger partial charge in [0.25, 0.3) is 0 Å². The Balaban J connectivity index is 3.00. The van der Waals surface area contributed by atoms with Gasteiger partial charge in [0.2, 0.25) is 0 Å². The zero-order chi connectivity index (χ0) is 14.4. The van der Waals surface area contributed by atoms with Crippen molar-refractivity contribution in [3.8, 4) is 6.07 Å². The van der Waals surface area contributed by atoms with Gasteiger partial charge in [-0.1, -0.05) is 19.9 Å². The molecule has 0 aliphatic carbocycles. The van der Waals surface area contributed by atoms with Crippen molar-refractivity contribution in [2.75, 3.05) is 32.2 Å². The van der Waals surface area contributed by atoms with Gasteiger partial charge in [-0.3, -0.25) is 0 Å². The second-order valence-electron chi connectivity index (χ2n) is 5.25. The van der Waals surface area contributed by atoms with Crippen molar-refractivity contribution in [1.29, 1.82) is 5.26 Å². The summed E-state index contributed by atoms with van der Waals surface area (Å²) in [6.45, 7) is 5.35. The van der Waals surface area contributed by atoms with Gasteiger partial charge in [-0.15, -0.1) is 11.8 Å². The van der Waals surface area contributed by atoms with Crippen molar-refractivity contribution in [3.05, 3.63) is 23.8 Å². The summed E-state index contributed by atoms with van der Waals surface area (Å²) >= 11 is 1.61. The summed E-state index contributed by atoms with van der Waals surface area (Å²) in [7, 11) is 4.14. The Hall–Kier alpha value is -1.18. The molecule has 4 heteroatoms. The Bertz CT molecular complexity index is 449. The van der Waals surface area contributed by atoms with Gasteiger partial charge in [-0.2, -0.15) is 5.26 Å². The molecule has 19 heavy (non-hydrogen) atoms. The van der Waals surface area contributed by atoms with Crippen molar-refractivity contribution in [1.82, 2.24) is 4.90 Å². The van der Waals surface area contributed by atoms with Crippen molar-refractivity contribution in [3.63, 3.8) is 0 Å². The van der Waals surface area contributed by atoms with Crippen molar-refractivity contribution in [2.24, 2.45) is 5.92 Å². The lowest BCUT2D eigenvalue weighted by molar-refractivity contribution is 0.344. The second-order valence-corrected chi connectivity index (χ2v) is 6.10. The number of hydrogen-bond donors (Lipinski definition) is 1. The average molecular weight is 277 g/mol. The van der Waals surface area contributed by atoms with E-state index in [-0.39, 0.29) is 0 Å². The monoisotopic (exact) mass is 277 g/mol. The first-order chi connectivity index (χ1) is 8.99. The molecule has 1 aromatic carbocycles. The molecular weight excluding hydrogens is 254 g/mol. The quantitative estimate of drug-likeness (QED) is 0.810. The summed E-state index contributed by atoms with van der Waals surface area (Å²) in [5, 5.41) is 12.9. The van der Waals surface area contributed by atoms with Crippen LogP contribution in [0.5, 0.6) is 0 Å². The van der Waals surface area contributed by atoms with Crippen molar-refractivity contribution < 1.29 is 0 Å². The topological polar surface area (TPSA) is 39.1 Å². The predicted octanol–water partition coefficient (Wildman–Crippen LogP) is 3.28. The van der Waals surface area contributed by atoms with E-state index in [1.165, 1.54) is 0 Å². The normalized spacial score (nSPS) is 12.5. The number of hydrogen-bond acceptors (Lipinski definition) is 4. The highest BCUT2D eigenvalue weighted by Crippen LogP contribution is 2.27. The average Bonchev–Trinajstić information content (AvgIpc) is 2.36. The van der Waals surface area contributed by atoms with Crippen LogP contribution in [0, 0.1) is 17.2 Å². The summed E-state index contributed by atoms with van der Waals surface area (Å²) in [6, 6.07) is 8.63. The van der Waals surface area contributed by atoms with Crippen LogP contribution >= 0.6 is 11.8 Å². The Labute approximate surface area is 121 Å². The van der Waals surface area contributed by atoms with E-state index in [0.717, 1.165) is 22.7 Å². The lowest BCUT2D eigenvalue weighted by atomic mass is 10.0. The number of likely N-dealkylation sites (N-methyl/N-ethyl adjacent to an activating group) is 1. The molecule has 0 heterocycles. The number of benzene rings is 1. The molecule has 1 rings (SSSR count). The van der Waals surface area contributed by atoms with Crippen LogP contribution in [0.1, 0.15) is 19.4 Å². The van der Waals surface area contributed by atoms with Gasteiger partial charge in [0.15, 0.2) is 0 Å². The van der Waals surface area contributed by atoms with E-state index in [2.05, 4.69) is 44.2 Å². The summed E-state index contributed by atoms with van der Waals surface area (Å²) in [4.78, 5) is 3.20. The lowest BCUT2D eigenvalue weighted by Crippen LogP contribution is -2.36. The third-order valence-electron chi connectivity index (χ3n) is 3.07. The number of nitrogens with zero attached hydrogens (tertiary/aromatic N) is 2. The summed E-state index contributed by atoms with van der Waals surface area (Å²) in [5.41, 5.74) is 1.69. The van der Waals surface area contributed by atoms with Crippen LogP contribution in [0.15, 0.2) is 23.1 Å². The van der Waals surface area contributed by atoms with Crippen molar-refractivity contribution >= 4 is 17.4 Å². The molecule has 0 aliphatic heterocycles. The molecule has 0 saturated heterocycles. The molecule has 1 N–H and O–H groups in total. The number of thioether (sulfide) groups is 1. The number of anilines is 1. The first kappa shape index (κ1) is 15.9. The Morgan fingerprint density at radius 1 is 1.37 bits per heavy atom. The molecule has 104 valence electrons. The molecular formula is C15H23N3S. The fourth-order valence-corrected chi connectivity index (χ4v) is 2.53. The zero-order valence-electron chi connectivity index (χ0n) is 12.4. The fraction of sp³-hybridized carbons (Fsp3) is 0.533. The molecule has 0 bridgehead atoms. The SMILES string of the molecule is CSc1cccc(NC(CN(C)C)C(C)C)c1C#N. The predicted molar refractivity (Wildman–Crippen MR) is 83.7 cm³/mol. The van der Waals surface area contributed by atoms with Gasteiger partial charge < -0.3 is 10.2 Å². The molecule has 1 atom stereocenters. The molecule has 0 amide bonds. The maximum atomic E-state index is 9.35. The zero-order valence-corrected chi connectivity index (χ0v) is 13.2. The molecule has 0 aromatic heterocycles. The Morgan fingerprint density at radius 2 is 2.05 bits per heavy atom.